The first kappa shape index (κ1) is 18.8. The number of nitrogens with zero attached hydrogens (tertiary/aromatic N) is 1. The van der Waals surface area contributed by atoms with Crippen LogP contribution in [0.5, 0.6) is 5.75 Å². The second-order valence-corrected chi connectivity index (χ2v) is 7.27. The molecule has 0 spiro atoms. The van der Waals surface area contributed by atoms with Crippen molar-refractivity contribution in [2.75, 3.05) is 4.90 Å². The Kier molecular flexibility index (Phi) is 5.38. The molecule has 0 saturated heterocycles. The molecule has 6 heteroatoms. The van der Waals surface area contributed by atoms with Gasteiger partial charge in [0.05, 0.1) is 6.54 Å². The Morgan fingerprint density at radius 2 is 1.84 bits per heavy atom. The third-order valence-corrected chi connectivity index (χ3v) is 3.93. The van der Waals surface area contributed by atoms with Gasteiger partial charge >= 0.3 is 0 Å². The zero-order valence-corrected chi connectivity index (χ0v) is 15.2. The van der Waals surface area contributed by atoms with Crippen molar-refractivity contribution in [3.05, 3.63) is 58.6 Å². The fraction of sp³-hybridized carbons (Fsp3) is 0.263. The van der Waals surface area contributed by atoms with Gasteiger partial charge in [-0.05, 0) is 36.4 Å². The van der Waals surface area contributed by atoms with Gasteiger partial charge in [-0.2, -0.15) is 0 Å². The monoisotopic (exact) mass is 360 g/mol. The van der Waals surface area contributed by atoms with E-state index in [1.165, 1.54) is 11.0 Å². The van der Waals surface area contributed by atoms with E-state index in [-0.39, 0.29) is 18.2 Å². The summed E-state index contributed by atoms with van der Waals surface area (Å²) in [4.78, 5) is 25.9. The van der Waals surface area contributed by atoms with Gasteiger partial charge in [0.2, 0.25) is 11.8 Å². The number of primary amides is 1. The summed E-state index contributed by atoms with van der Waals surface area (Å²) in [6, 6.07) is 11.2. The maximum absolute atomic E-state index is 12.9. The molecule has 2 aromatic rings. The molecule has 132 valence electrons. The van der Waals surface area contributed by atoms with Gasteiger partial charge < -0.3 is 15.7 Å². The lowest BCUT2D eigenvalue weighted by molar-refractivity contribution is -0.125. The average Bonchev–Trinajstić information content (AvgIpc) is 2.54. The average molecular weight is 361 g/mol. The van der Waals surface area contributed by atoms with Gasteiger partial charge in [0.15, 0.2) is 0 Å². The van der Waals surface area contributed by atoms with Gasteiger partial charge in [0.1, 0.15) is 5.75 Å². The van der Waals surface area contributed by atoms with E-state index in [0.29, 0.717) is 21.8 Å². The molecule has 0 atom stereocenters. The van der Waals surface area contributed by atoms with E-state index in [1.807, 2.05) is 0 Å². The normalized spacial score (nSPS) is 11.2. The fourth-order valence-corrected chi connectivity index (χ4v) is 2.56. The summed E-state index contributed by atoms with van der Waals surface area (Å²) < 4.78 is 0. The van der Waals surface area contributed by atoms with Crippen LogP contribution in [0.25, 0.3) is 0 Å². The summed E-state index contributed by atoms with van der Waals surface area (Å²) in [6.45, 7) is 5.53. The quantitative estimate of drug-likeness (QED) is 0.871. The lowest BCUT2D eigenvalue weighted by Crippen LogP contribution is -2.39. The van der Waals surface area contributed by atoms with Crippen molar-refractivity contribution in [3.8, 4) is 5.75 Å². The zero-order chi connectivity index (χ0) is 18.8. The van der Waals surface area contributed by atoms with Crippen LogP contribution in [0.3, 0.4) is 0 Å². The topological polar surface area (TPSA) is 83.6 Å². The minimum absolute atomic E-state index is 0.0437. The number of carbonyl (C=O) groups is 2. The highest BCUT2D eigenvalue weighted by Crippen LogP contribution is 2.29. The molecule has 0 bridgehead atoms. The smallest absolute Gasteiger partial charge is 0.248 e. The number of hydrogen-bond donors (Lipinski definition) is 2. The first-order valence-electron chi connectivity index (χ1n) is 7.79. The molecular weight excluding hydrogens is 340 g/mol. The van der Waals surface area contributed by atoms with E-state index in [2.05, 4.69) is 0 Å². The van der Waals surface area contributed by atoms with Crippen molar-refractivity contribution in [2.45, 2.75) is 27.3 Å². The molecule has 0 radical (unpaired) electrons. The minimum Gasteiger partial charge on any atom is -0.508 e. The van der Waals surface area contributed by atoms with E-state index < -0.39 is 11.3 Å². The van der Waals surface area contributed by atoms with Crippen LogP contribution < -0.4 is 10.6 Å². The molecule has 0 aliphatic carbocycles. The molecular formula is C19H21ClN2O3. The molecule has 0 aromatic heterocycles. The first-order valence-corrected chi connectivity index (χ1v) is 8.16. The molecule has 2 aromatic carbocycles. The summed E-state index contributed by atoms with van der Waals surface area (Å²) in [5, 5.41) is 10.5. The van der Waals surface area contributed by atoms with Gasteiger partial charge in [-0.3, -0.25) is 9.59 Å². The minimum atomic E-state index is -0.656. The summed E-state index contributed by atoms with van der Waals surface area (Å²) in [6.07, 6.45) is 0. The highest BCUT2D eigenvalue weighted by atomic mass is 35.5. The molecule has 3 N–H and O–H groups in total. The van der Waals surface area contributed by atoms with Crippen LogP contribution in [0.2, 0.25) is 5.02 Å². The number of phenols is 1. The number of rotatable bonds is 4. The summed E-state index contributed by atoms with van der Waals surface area (Å²) in [7, 11) is 0. The number of hydrogen-bond acceptors (Lipinski definition) is 3. The van der Waals surface area contributed by atoms with Gasteiger partial charge in [-0.1, -0.05) is 38.4 Å². The number of phenolic OH excluding ortho intramolecular Hbond substituents is 1. The molecule has 0 aliphatic heterocycles. The van der Waals surface area contributed by atoms with Crippen LogP contribution in [-0.4, -0.2) is 16.9 Å². The molecule has 0 unspecified atom stereocenters. The summed E-state index contributed by atoms with van der Waals surface area (Å²) >= 11 is 6.01. The maximum atomic E-state index is 12.9. The van der Waals surface area contributed by atoms with Crippen molar-refractivity contribution >= 4 is 29.1 Å². The van der Waals surface area contributed by atoms with Gasteiger partial charge in [-0.25, -0.2) is 0 Å². The number of benzene rings is 2. The largest absolute Gasteiger partial charge is 0.508 e. The van der Waals surface area contributed by atoms with E-state index in [4.69, 9.17) is 17.3 Å². The fourth-order valence-electron chi connectivity index (χ4n) is 2.36. The number of carbonyl (C=O) groups excluding carboxylic acids is 2. The Balaban J connectivity index is 2.50. The van der Waals surface area contributed by atoms with E-state index in [1.54, 1.807) is 57.2 Å². The van der Waals surface area contributed by atoms with E-state index in [9.17, 15) is 14.7 Å². The summed E-state index contributed by atoms with van der Waals surface area (Å²) in [5.41, 5.74) is 6.02. The van der Waals surface area contributed by atoms with Crippen molar-refractivity contribution < 1.29 is 14.7 Å². The molecule has 5 nitrogen and oxygen atoms in total. The number of anilines is 1. The lowest BCUT2D eigenvalue weighted by atomic mass is 9.94. The number of nitrogens with two attached hydrogens (primary N) is 1. The Morgan fingerprint density at radius 1 is 1.16 bits per heavy atom. The number of aromatic hydroxyl groups is 1. The van der Waals surface area contributed by atoms with Crippen LogP contribution in [0.4, 0.5) is 5.69 Å². The summed E-state index contributed by atoms with van der Waals surface area (Å²) in [5.74, 6) is -0.689. The Morgan fingerprint density at radius 3 is 2.44 bits per heavy atom. The molecule has 0 heterocycles. The van der Waals surface area contributed by atoms with E-state index >= 15 is 0 Å². The Labute approximate surface area is 152 Å². The highest BCUT2D eigenvalue weighted by molar-refractivity contribution is 6.30. The van der Waals surface area contributed by atoms with Crippen LogP contribution in [0, 0.1) is 5.41 Å². The van der Waals surface area contributed by atoms with E-state index in [0.717, 1.165) is 0 Å². The van der Waals surface area contributed by atoms with Crippen LogP contribution in [0.15, 0.2) is 42.5 Å². The predicted octanol–water partition coefficient (Wildman–Crippen LogP) is 3.72. The SMILES string of the molecule is CC(C)(C)C(=O)N(Cc1cc(Cl)ccc1O)c1cccc(C(N)=O)c1. The third-order valence-electron chi connectivity index (χ3n) is 3.70. The standard InChI is InChI=1S/C19H21ClN2O3/c1-19(2,3)18(25)22(11-13-9-14(20)7-8-16(13)23)15-6-4-5-12(10-15)17(21)24/h4-10,23H,11H2,1-3H3,(H2,21,24). The Bertz CT molecular complexity index is 813. The zero-order valence-electron chi connectivity index (χ0n) is 14.4. The maximum Gasteiger partial charge on any atom is 0.248 e. The molecule has 2 amide bonds. The molecule has 25 heavy (non-hydrogen) atoms. The highest BCUT2D eigenvalue weighted by Gasteiger charge is 2.29. The van der Waals surface area contributed by atoms with Gasteiger partial charge in [0, 0.05) is 27.3 Å². The van der Waals surface area contributed by atoms with Crippen LogP contribution >= 0.6 is 11.6 Å². The molecule has 0 aliphatic rings. The van der Waals surface area contributed by atoms with Gasteiger partial charge in [0.25, 0.3) is 0 Å². The van der Waals surface area contributed by atoms with Crippen molar-refractivity contribution in [2.24, 2.45) is 11.1 Å². The molecule has 0 saturated carbocycles. The lowest BCUT2D eigenvalue weighted by Gasteiger charge is -2.30. The number of amides is 2. The first-order chi connectivity index (χ1) is 11.6. The second-order valence-electron chi connectivity index (χ2n) is 6.83. The van der Waals surface area contributed by atoms with Crippen molar-refractivity contribution in [3.63, 3.8) is 0 Å². The van der Waals surface area contributed by atoms with Gasteiger partial charge in [-0.15, -0.1) is 0 Å². The van der Waals surface area contributed by atoms with Crippen molar-refractivity contribution in [1.29, 1.82) is 0 Å². The Hall–Kier alpha value is -2.53. The molecule has 0 fully saturated rings. The third kappa shape index (κ3) is 4.51. The van der Waals surface area contributed by atoms with Crippen LogP contribution in [-0.2, 0) is 11.3 Å². The second kappa shape index (κ2) is 7.15. The van der Waals surface area contributed by atoms with Crippen molar-refractivity contribution in [1.82, 2.24) is 0 Å². The predicted molar refractivity (Wildman–Crippen MR) is 98.7 cm³/mol. The number of halogens is 1. The molecule has 2 rings (SSSR count). The van der Waals surface area contributed by atoms with Crippen LogP contribution in [0.1, 0.15) is 36.7 Å².